The Morgan fingerprint density at radius 2 is 1.14 bits per heavy atom. The fourth-order valence-electron chi connectivity index (χ4n) is 3.10. The van der Waals surface area contributed by atoms with Gasteiger partial charge >= 0.3 is 0 Å². The first-order chi connectivity index (χ1) is 13.5. The van der Waals surface area contributed by atoms with Crippen LogP contribution in [0.2, 0.25) is 0 Å². The zero-order valence-corrected chi connectivity index (χ0v) is 15.2. The van der Waals surface area contributed by atoms with Gasteiger partial charge in [-0.3, -0.25) is 14.4 Å². The number of H-pyrrole nitrogens is 2. The highest BCUT2D eigenvalue weighted by molar-refractivity contribution is 6.11. The number of rotatable bonds is 4. The molecule has 0 bridgehead atoms. The van der Waals surface area contributed by atoms with Crippen LogP contribution in [0.25, 0.3) is 21.8 Å². The molecule has 0 saturated heterocycles. The number of ketones is 1. The Bertz CT molecular complexity index is 1250. The van der Waals surface area contributed by atoms with Crippen molar-refractivity contribution in [2.24, 2.45) is 0 Å². The second-order valence-corrected chi connectivity index (χ2v) is 6.26. The Morgan fingerprint density at radius 1 is 0.714 bits per heavy atom. The Hall–Kier alpha value is -3.87. The highest BCUT2D eigenvalue weighted by atomic mass is 16.5. The number of hydrogen-bond acceptors (Lipinski definition) is 5. The van der Waals surface area contributed by atoms with Crippen molar-refractivity contribution in [2.75, 3.05) is 14.2 Å². The number of carbonyl (C=O) groups is 1. The third-order valence-corrected chi connectivity index (χ3v) is 4.60. The number of ether oxygens (including phenoxy) is 2. The van der Waals surface area contributed by atoms with Gasteiger partial charge in [0, 0.05) is 12.1 Å². The fraction of sp³-hybridized carbons (Fsp3) is 0.0952. The van der Waals surface area contributed by atoms with Crippen LogP contribution in [0.15, 0.2) is 58.1 Å². The molecule has 0 fully saturated rings. The minimum absolute atomic E-state index is 0.101. The van der Waals surface area contributed by atoms with Crippen LogP contribution in [0.4, 0.5) is 0 Å². The topological polar surface area (TPSA) is 101 Å². The molecular weight excluding hydrogens is 360 g/mol. The quantitative estimate of drug-likeness (QED) is 0.533. The van der Waals surface area contributed by atoms with Gasteiger partial charge in [0.25, 0.3) is 11.1 Å². The van der Waals surface area contributed by atoms with Crippen LogP contribution < -0.4 is 20.6 Å². The average molecular weight is 376 g/mol. The first kappa shape index (κ1) is 17.5. The Morgan fingerprint density at radius 3 is 1.54 bits per heavy atom. The molecule has 0 saturated carbocycles. The molecule has 0 radical (unpaired) electrons. The van der Waals surface area contributed by atoms with Crippen LogP contribution in [-0.4, -0.2) is 30.0 Å². The van der Waals surface area contributed by atoms with Gasteiger partial charge in [-0.15, -0.1) is 0 Å². The second kappa shape index (κ2) is 6.70. The Balaban J connectivity index is 1.85. The molecule has 0 amide bonds. The summed E-state index contributed by atoms with van der Waals surface area (Å²) in [5.41, 5.74) is -0.257. The summed E-state index contributed by atoms with van der Waals surface area (Å²) in [5, 5.41) is 1.32. The minimum Gasteiger partial charge on any atom is -0.497 e. The second-order valence-electron chi connectivity index (χ2n) is 6.26. The molecule has 2 heterocycles. The van der Waals surface area contributed by atoms with Gasteiger partial charge in [0.15, 0.2) is 0 Å². The number of carbonyl (C=O) groups excluding carboxylic acids is 1. The van der Waals surface area contributed by atoms with E-state index in [-0.39, 0.29) is 11.1 Å². The highest BCUT2D eigenvalue weighted by Gasteiger charge is 2.18. The van der Waals surface area contributed by atoms with Crippen LogP contribution in [-0.2, 0) is 0 Å². The normalized spacial score (nSPS) is 10.9. The van der Waals surface area contributed by atoms with Gasteiger partial charge in [-0.25, -0.2) is 0 Å². The van der Waals surface area contributed by atoms with Gasteiger partial charge < -0.3 is 19.4 Å². The van der Waals surface area contributed by atoms with E-state index in [0.717, 1.165) is 0 Å². The third kappa shape index (κ3) is 2.92. The molecule has 0 spiro atoms. The van der Waals surface area contributed by atoms with Gasteiger partial charge in [0.05, 0.1) is 36.4 Å². The molecule has 2 aromatic heterocycles. The number of pyridine rings is 2. The van der Waals surface area contributed by atoms with Crippen molar-refractivity contribution in [2.45, 2.75) is 0 Å². The summed E-state index contributed by atoms with van der Waals surface area (Å²) in [6, 6.07) is 13.2. The lowest BCUT2D eigenvalue weighted by Crippen LogP contribution is -2.24. The van der Waals surface area contributed by atoms with E-state index in [1.807, 2.05) is 0 Å². The van der Waals surface area contributed by atoms with Crippen molar-refractivity contribution in [1.29, 1.82) is 0 Å². The smallest absolute Gasteiger partial charge is 0.259 e. The predicted molar refractivity (Wildman–Crippen MR) is 106 cm³/mol. The zero-order valence-electron chi connectivity index (χ0n) is 15.2. The molecule has 4 aromatic rings. The van der Waals surface area contributed by atoms with E-state index in [0.29, 0.717) is 33.3 Å². The molecule has 7 heteroatoms. The molecule has 28 heavy (non-hydrogen) atoms. The van der Waals surface area contributed by atoms with Crippen molar-refractivity contribution in [3.63, 3.8) is 0 Å². The largest absolute Gasteiger partial charge is 0.497 e. The van der Waals surface area contributed by atoms with Crippen molar-refractivity contribution >= 4 is 27.6 Å². The van der Waals surface area contributed by atoms with Crippen LogP contribution in [0.3, 0.4) is 0 Å². The molecule has 2 N–H and O–H groups in total. The number of fused-ring (bicyclic) bond motifs is 2. The number of hydrogen-bond donors (Lipinski definition) is 2. The van der Waals surface area contributed by atoms with E-state index in [2.05, 4.69) is 9.97 Å². The van der Waals surface area contributed by atoms with E-state index < -0.39 is 16.9 Å². The lowest BCUT2D eigenvalue weighted by molar-refractivity contribution is 0.103. The van der Waals surface area contributed by atoms with Gasteiger partial charge in [0.2, 0.25) is 5.78 Å². The van der Waals surface area contributed by atoms with Crippen molar-refractivity contribution < 1.29 is 14.3 Å². The van der Waals surface area contributed by atoms with Gasteiger partial charge in [-0.05, 0) is 47.2 Å². The maximum absolute atomic E-state index is 12.9. The molecule has 4 rings (SSSR count). The highest BCUT2D eigenvalue weighted by Crippen LogP contribution is 2.21. The minimum atomic E-state index is -0.641. The zero-order chi connectivity index (χ0) is 19.8. The molecular formula is C21H16N2O5. The Kier molecular flexibility index (Phi) is 4.19. The maximum Gasteiger partial charge on any atom is 0.259 e. The SMILES string of the molecule is COc1ccc2cc(C(=O)c3cc4ccc(OC)cc4[nH]c3=O)c(=O)[nH]c2c1. The van der Waals surface area contributed by atoms with E-state index in [1.54, 1.807) is 36.4 Å². The number of benzene rings is 2. The molecule has 7 nitrogen and oxygen atoms in total. The van der Waals surface area contributed by atoms with Crippen molar-refractivity contribution in [1.82, 2.24) is 9.97 Å². The number of methoxy groups -OCH3 is 2. The fourth-order valence-corrected chi connectivity index (χ4v) is 3.10. The molecule has 0 aliphatic heterocycles. The lowest BCUT2D eigenvalue weighted by atomic mass is 10.0. The molecule has 0 unspecified atom stereocenters. The van der Waals surface area contributed by atoms with Crippen LogP contribution in [0.5, 0.6) is 11.5 Å². The molecule has 0 atom stereocenters. The lowest BCUT2D eigenvalue weighted by Gasteiger charge is -2.06. The van der Waals surface area contributed by atoms with Crippen LogP contribution >= 0.6 is 0 Å². The van der Waals surface area contributed by atoms with E-state index in [1.165, 1.54) is 26.4 Å². The number of nitrogens with one attached hydrogen (secondary N) is 2. The summed E-state index contributed by atoms with van der Waals surface area (Å²) in [7, 11) is 3.05. The molecule has 0 aliphatic carbocycles. The van der Waals surface area contributed by atoms with Crippen molar-refractivity contribution in [3.05, 3.63) is 80.4 Å². The number of aromatic amines is 2. The van der Waals surface area contributed by atoms with E-state index in [9.17, 15) is 14.4 Å². The summed E-state index contributed by atoms with van der Waals surface area (Å²) in [5.74, 6) is 0.533. The first-order valence-electron chi connectivity index (χ1n) is 8.47. The summed E-state index contributed by atoms with van der Waals surface area (Å²) >= 11 is 0. The third-order valence-electron chi connectivity index (χ3n) is 4.60. The molecule has 140 valence electrons. The van der Waals surface area contributed by atoms with E-state index in [4.69, 9.17) is 9.47 Å². The average Bonchev–Trinajstić information content (AvgIpc) is 2.71. The van der Waals surface area contributed by atoms with Gasteiger partial charge in [-0.2, -0.15) is 0 Å². The summed E-state index contributed by atoms with van der Waals surface area (Å²) in [4.78, 5) is 43.2. The van der Waals surface area contributed by atoms with Crippen LogP contribution in [0.1, 0.15) is 15.9 Å². The van der Waals surface area contributed by atoms with Gasteiger partial charge in [0.1, 0.15) is 11.5 Å². The summed E-state index contributed by atoms with van der Waals surface area (Å²) in [6.07, 6.45) is 0. The Labute approximate surface area is 158 Å². The van der Waals surface area contributed by atoms with Crippen LogP contribution in [0, 0.1) is 0 Å². The van der Waals surface area contributed by atoms with E-state index >= 15 is 0 Å². The molecule has 0 aliphatic rings. The molecule has 2 aromatic carbocycles. The summed E-state index contributed by atoms with van der Waals surface area (Å²) in [6.45, 7) is 0. The van der Waals surface area contributed by atoms with Gasteiger partial charge in [-0.1, -0.05) is 0 Å². The number of aromatic nitrogens is 2. The first-order valence-corrected chi connectivity index (χ1v) is 8.47. The summed E-state index contributed by atoms with van der Waals surface area (Å²) < 4.78 is 10.3. The predicted octanol–water partition coefficient (Wildman–Crippen LogP) is 2.62. The maximum atomic E-state index is 12.9. The van der Waals surface area contributed by atoms with Crippen molar-refractivity contribution in [3.8, 4) is 11.5 Å². The monoisotopic (exact) mass is 376 g/mol. The standard InChI is InChI=1S/C21H16N2O5/c1-27-13-5-3-11-7-15(20(25)22-17(11)9-13)19(24)16-8-12-4-6-14(28-2)10-18(12)23-21(16)26/h3-10H,1-2H3,(H,22,25)(H,23,26).